The molecule has 0 aliphatic heterocycles. The number of nitro groups is 1. The molecule has 5 nitrogen and oxygen atoms in total. The Kier molecular flexibility index (Phi) is 4.22. The molecule has 1 aromatic carbocycles. The van der Waals surface area contributed by atoms with Crippen LogP contribution in [0.25, 0.3) is 0 Å². The van der Waals surface area contributed by atoms with Crippen LogP contribution in [0.15, 0.2) is 24.3 Å². The van der Waals surface area contributed by atoms with Gasteiger partial charge in [0.15, 0.2) is 9.84 Å². The third-order valence-corrected chi connectivity index (χ3v) is 4.04. The van der Waals surface area contributed by atoms with Crippen molar-refractivity contribution in [3.63, 3.8) is 0 Å². The molecule has 0 atom stereocenters. The smallest absolute Gasteiger partial charge is 0.258 e. The van der Waals surface area contributed by atoms with Crippen LogP contribution >= 0.6 is 0 Å². The van der Waals surface area contributed by atoms with Crippen molar-refractivity contribution in [2.45, 2.75) is 19.6 Å². The van der Waals surface area contributed by atoms with E-state index in [1.165, 1.54) is 18.2 Å². The highest BCUT2D eigenvalue weighted by molar-refractivity contribution is 7.90. The summed E-state index contributed by atoms with van der Waals surface area (Å²) in [5.41, 5.74) is 0.377. The van der Waals surface area contributed by atoms with E-state index in [4.69, 9.17) is 0 Å². The minimum atomic E-state index is -3.20. The Bertz CT molecular complexity index is 508. The van der Waals surface area contributed by atoms with Gasteiger partial charge in [0.25, 0.3) is 5.69 Å². The predicted octanol–water partition coefficient (Wildman–Crippen LogP) is 2.17. The molecule has 0 radical (unpaired) electrons. The maximum atomic E-state index is 11.7. The molecular formula is C11H15NO4S. The van der Waals surface area contributed by atoms with Crippen LogP contribution in [0.5, 0.6) is 0 Å². The molecule has 0 amide bonds. The van der Waals surface area contributed by atoms with Gasteiger partial charge in [-0.05, 0) is 11.5 Å². The molecule has 0 unspecified atom stereocenters. The third-order valence-electron chi connectivity index (χ3n) is 2.10. The predicted molar refractivity (Wildman–Crippen MR) is 65.4 cm³/mol. The molecule has 0 saturated carbocycles. The largest absolute Gasteiger partial charge is 0.269 e. The van der Waals surface area contributed by atoms with E-state index in [9.17, 15) is 18.5 Å². The zero-order chi connectivity index (χ0) is 13.1. The van der Waals surface area contributed by atoms with Crippen LogP contribution in [0.1, 0.15) is 19.4 Å². The van der Waals surface area contributed by atoms with Crippen LogP contribution < -0.4 is 0 Å². The van der Waals surface area contributed by atoms with Crippen molar-refractivity contribution >= 4 is 15.5 Å². The first-order valence-electron chi connectivity index (χ1n) is 5.24. The molecule has 0 bridgehead atoms. The van der Waals surface area contributed by atoms with Crippen molar-refractivity contribution in [3.05, 3.63) is 39.9 Å². The average molecular weight is 257 g/mol. The summed E-state index contributed by atoms with van der Waals surface area (Å²) in [5.74, 6) is 0.00133. The fourth-order valence-corrected chi connectivity index (χ4v) is 3.40. The average Bonchev–Trinajstić information content (AvgIpc) is 2.14. The second-order valence-corrected chi connectivity index (χ2v) is 6.48. The van der Waals surface area contributed by atoms with Gasteiger partial charge in [-0.15, -0.1) is 0 Å². The number of non-ortho nitro benzene ring substituents is 1. The highest BCUT2D eigenvalue weighted by atomic mass is 32.2. The van der Waals surface area contributed by atoms with Gasteiger partial charge in [-0.3, -0.25) is 10.1 Å². The lowest BCUT2D eigenvalue weighted by Gasteiger charge is -2.06. The summed E-state index contributed by atoms with van der Waals surface area (Å²) in [5, 5.41) is 10.6. The topological polar surface area (TPSA) is 77.3 Å². The lowest BCUT2D eigenvalue weighted by Crippen LogP contribution is -2.13. The summed E-state index contributed by atoms with van der Waals surface area (Å²) in [7, 11) is -3.20. The van der Waals surface area contributed by atoms with E-state index in [1.807, 2.05) is 13.8 Å². The molecule has 94 valence electrons. The fraction of sp³-hybridized carbons (Fsp3) is 0.455. The minimum Gasteiger partial charge on any atom is -0.258 e. The lowest BCUT2D eigenvalue weighted by atomic mass is 10.2. The van der Waals surface area contributed by atoms with Crippen molar-refractivity contribution in [2.24, 2.45) is 5.92 Å². The maximum absolute atomic E-state index is 11.7. The minimum absolute atomic E-state index is 0.0544. The van der Waals surface area contributed by atoms with Crippen molar-refractivity contribution in [3.8, 4) is 0 Å². The maximum Gasteiger partial charge on any atom is 0.269 e. The van der Waals surface area contributed by atoms with Crippen molar-refractivity contribution in [2.75, 3.05) is 5.75 Å². The zero-order valence-electron chi connectivity index (χ0n) is 9.79. The Morgan fingerprint density at radius 1 is 1.35 bits per heavy atom. The highest BCUT2D eigenvalue weighted by Gasteiger charge is 2.15. The van der Waals surface area contributed by atoms with Gasteiger partial charge in [-0.2, -0.15) is 0 Å². The SMILES string of the molecule is CC(C)CS(=O)(=O)Cc1cccc([N+](=O)[O-])c1. The summed E-state index contributed by atoms with van der Waals surface area (Å²) in [6, 6.07) is 5.74. The number of nitrogens with zero attached hydrogens (tertiary/aromatic N) is 1. The normalized spacial score (nSPS) is 11.7. The summed E-state index contributed by atoms with van der Waals surface area (Å²) in [6.45, 7) is 3.65. The molecule has 6 heteroatoms. The molecule has 0 saturated heterocycles. The van der Waals surface area contributed by atoms with Crippen LogP contribution in [-0.4, -0.2) is 19.1 Å². The van der Waals surface area contributed by atoms with Crippen LogP contribution in [0, 0.1) is 16.0 Å². The first kappa shape index (κ1) is 13.6. The van der Waals surface area contributed by atoms with Gasteiger partial charge >= 0.3 is 0 Å². The highest BCUT2D eigenvalue weighted by Crippen LogP contribution is 2.16. The van der Waals surface area contributed by atoms with Gasteiger partial charge in [-0.25, -0.2) is 8.42 Å². The first-order valence-corrected chi connectivity index (χ1v) is 7.06. The summed E-state index contributed by atoms with van der Waals surface area (Å²) in [4.78, 5) is 10.0. The molecule has 0 spiro atoms. The van der Waals surface area contributed by atoms with Crippen molar-refractivity contribution in [1.29, 1.82) is 0 Å². The van der Waals surface area contributed by atoms with E-state index in [-0.39, 0.29) is 23.1 Å². The van der Waals surface area contributed by atoms with Crippen LogP contribution in [0.3, 0.4) is 0 Å². The van der Waals surface area contributed by atoms with Gasteiger partial charge < -0.3 is 0 Å². The Balaban J connectivity index is 2.89. The molecule has 0 aliphatic rings. The zero-order valence-corrected chi connectivity index (χ0v) is 10.6. The van der Waals surface area contributed by atoms with E-state index >= 15 is 0 Å². The summed E-state index contributed by atoms with van der Waals surface area (Å²) in [6.07, 6.45) is 0. The Hall–Kier alpha value is -1.43. The van der Waals surface area contributed by atoms with E-state index < -0.39 is 14.8 Å². The number of benzene rings is 1. The number of sulfone groups is 1. The quantitative estimate of drug-likeness (QED) is 0.598. The van der Waals surface area contributed by atoms with Gasteiger partial charge in [-0.1, -0.05) is 26.0 Å². The molecule has 17 heavy (non-hydrogen) atoms. The number of nitro benzene ring substituents is 1. The first-order chi connectivity index (χ1) is 7.80. The molecule has 0 aliphatic carbocycles. The molecule has 1 rings (SSSR count). The number of hydrogen-bond acceptors (Lipinski definition) is 4. The van der Waals surface area contributed by atoms with Gasteiger partial charge in [0, 0.05) is 12.1 Å². The summed E-state index contributed by atoms with van der Waals surface area (Å²) < 4.78 is 23.4. The number of hydrogen-bond donors (Lipinski definition) is 0. The van der Waals surface area contributed by atoms with Gasteiger partial charge in [0.1, 0.15) is 0 Å². The molecule has 0 aromatic heterocycles. The third kappa shape index (κ3) is 4.52. The molecule has 1 aromatic rings. The molecular weight excluding hydrogens is 242 g/mol. The van der Waals surface area contributed by atoms with Gasteiger partial charge in [0.05, 0.1) is 16.4 Å². The Labute approximate surface area is 101 Å². The van der Waals surface area contributed by atoms with Crippen molar-refractivity contribution < 1.29 is 13.3 Å². The second kappa shape index (κ2) is 5.27. The van der Waals surface area contributed by atoms with E-state index in [0.717, 1.165) is 0 Å². The van der Waals surface area contributed by atoms with Crippen LogP contribution in [-0.2, 0) is 15.6 Å². The van der Waals surface area contributed by atoms with Crippen LogP contribution in [0.2, 0.25) is 0 Å². The fourth-order valence-electron chi connectivity index (χ4n) is 1.58. The van der Waals surface area contributed by atoms with E-state index in [0.29, 0.717) is 5.56 Å². The number of rotatable bonds is 5. The molecule has 0 heterocycles. The molecule has 0 fully saturated rings. The second-order valence-electron chi connectivity index (χ2n) is 4.38. The lowest BCUT2D eigenvalue weighted by molar-refractivity contribution is -0.384. The Morgan fingerprint density at radius 2 is 2.00 bits per heavy atom. The van der Waals surface area contributed by atoms with Crippen LogP contribution in [0.4, 0.5) is 5.69 Å². The Morgan fingerprint density at radius 3 is 2.53 bits per heavy atom. The standard InChI is InChI=1S/C11H15NO4S/c1-9(2)7-17(15,16)8-10-4-3-5-11(6-10)12(13)14/h3-6,9H,7-8H2,1-2H3. The monoisotopic (exact) mass is 257 g/mol. The van der Waals surface area contributed by atoms with Gasteiger partial charge in [0.2, 0.25) is 0 Å². The molecule has 0 N–H and O–H groups in total. The van der Waals surface area contributed by atoms with E-state index in [2.05, 4.69) is 0 Å². The van der Waals surface area contributed by atoms with Crippen molar-refractivity contribution in [1.82, 2.24) is 0 Å². The van der Waals surface area contributed by atoms with E-state index in [1.54, 1.807) is 6.07 Å². The summed E-state index contributed by atoms with van der Waals surface area (Å²) >= 11 is 0.